The fourth-order valence-corrected chi connectivity index (χ4v) is 11.2. The Labute approximate surface area is 217 Å². The molecule has 37 heavy (non-hydrogen) atoms. The number of carbonyl (C=O) groups excluding carboxylic acids is 1. The minimum Gasteiger partial charge on any atom is -0.432 e. The van der Waals surface area contributed by atoms with Gasteiger partial charge in [-0.25, -0.2) is 4.89 Å². The van der Waals surface area contributed by atoms with Crippen LogP contribution >= 0.6 is 0 Å². The van der Waals surface area contributed by atoms with Gasteiger partial charge >= 0.3 is 5.97 Å². The second-order valence-electron chi connectivity index (χ2n) is 12.2. The number of esters is 1. The third kappa shape index (κ3) is 2.54. The van der Waals surface area contributed by atoms with Gasteiger partial charge in [0.05, 0.1) is 35.7 Å². The maximum atomic E-state index is 13.1. The number of hydrogen-bond acceptors (Lipinski definition) is 11. The molecule has 6 rings (SSSR count). The van der Waals surface area contributed by atoms with E-state index in [9.17, 15) is 20.3 Å². The van der Waals surface area contributed by atoms with Crippen LogP contribution in [0.4, 0.5) is 0 Å². The highest BCUT2D eigenvalue weighted by atomic mass is 17.1. The lowest BCUT2D eigenvalue weighted by Gasteiger charge is -2.70. The first-order valence-corrected chi connectivity index (χ1v) is 13.4. The van der Waals surface area contributed by atoms with Gasteiger partial charge < -0.3 is 33.9 Å². The molecule has 6 fully saturated rings. The lowest BCUT2D eigenvalue weighted by Crippen LogP contribution is -2.84. The Kier molecular flexibility index (Phi) is 5.75. The lowest BCUT2D eigenvalue weighted by molar-refractivity contribution is -0.441. The van der Waals surface area contributed by atoms with Gasteiger partial charge in [0.15, 0.2) is 5.60 Å². The summed E-state index contributed by atoms with van der Waals surface area (Å²) in [7, 11) is 6.25. The second kappa shape index (κ2) is 8.08. The van der Waals surface area contributed by atoms with Crippen LogP contribution in [0, 0.1) is 29.1 Å². The van der Waals surface area contributed by atoms with Crippen LogP contribution in [0.25, 0.3) is 0 Å². The van der Waals surface area contributed by atoms with Crippen molar-refractivity contribution in [2.45, 2.75) is 86.5 Å². The second-order valence-corrected chi connectivity index (χ2v) is 12.2. The van der Waals surface area contributed by atoms with E-state index >= 15 is 0 Å². The summed E-state index contributed by atoms with van der Waals surface area (Å²) in [6.07, 6.45) is -0.0262. The van der Waals surface area contributed by atoms with E-state index in [1.165, 1.54) is 21.1 Å². The van der Waals surface area contributed by atoms with Gasteiger partial charge in [-0.1, -0.05) is 6.92 Å². The Bertz CT molecular complexity index is 968. The van der Waals surface area contributed by atoms with E-state index in [0.29, 0.717) is 32.4 Å². The number of likely N-dealkylation sites (tertiary alicyclic amines) is 1. The Morgan fingerprint density at radius 3 is 2.32 bits per heavy atom. The number of nitrogens with zero attached hydrogens (tertiary/aromatic N) is 1. The number of aliphatic hydroxyl groups is 2. The molecule has 13 atom stereocenters. The molecule has 6 aliphatic rings. The van der Waals surface area contributed by atoms with Gasteiger partial charge in [0, 0.05) is 59.7 Å². The molecule has 1 heterocycles. The zero-order chi connectivity index (χ0) is 26.8. The first-order valence-electron chi connectivity index (χ1n) is 13.4. The fraction of sp³-hybridized carbons (Fsp3) is 0.962. The van der Waals surface area contributed by atoms with Gasteiger partial charge in [0.25, 0.3) is 0 Å². The number of piperidine rings is 1. The van der Waals surface area contributed by atoms with Crippen LogP contribution in [-0.2, 0) is 33.4 Å². The zero-order valence-corrected chi connectivity index (χ0v) is 22.5. The van der Waals surface area contributed by atoms with Crippen LogP contribution < -0.4 is 0 Å². The molecular formula is C26H41NO10. The standard InChI is InChI=1S/C26H41NO10/c1-7-27-12-22(29)9-8-17(33-4)24-15-10-14-16(32-3)11-23(30,18(15)26(14,35-6)36-13(2)28)25(37-31,21(24)27)20(34-5)19(22)24/h14-21,29-31H,7-12H2,1-6H3/t14-,15-,16+,17+,18+,19-,20+,21+,22-,23-,24+,25+,26-/m1/s1. The molecule has 0 radical (unpaired) electrons. The highest BCUT2D eigenvalue weighted by Gasteiger charge is 2.95. The van der Waals surface area contributed by atoms with E-state index in [4.69, 9.17) is 28.6 Å². The molecule has 0 unspecified atom stereocenters. The average Bonchev–Trinajstić information content (AvgIpc) is 3.24. The topological polar surface area (TPSA) is 136 Å². The van der Waals surface area contributed by atoms with E-state index < -0.39 is 64.1 Å². The summed E-state index contributed by atoms with van der Waals surface area (Å²) in [4.78, 5) is 20.3. The first-order chi connectivity index (χ1) is 17.6. The molecule has 1 aliphatic heterocycles. The average molecular weight is 528 g/mol. The van der Waals surface area contributed by atoms with Gasteiger partial charge in [-0.2, -0.15) is 0 Å². The zero-order valence-electron chi connectivity index (χ0n) is 22.5. The van der Waals surface area contributed by atoms with Crippen LogP contribution in [0.5, 0.6) is 0 Å². The number of fused-ring (bicyclic) bond motifs is 2. The molecule has 5 aliphatic carbocycles. The van der Waals surface area contributed by atoms with Crippen molar-refractivity contribution < 1.29 is 48.8 Å². The molecule has 11 nitrogen and oxygen atoms in total. The van der Waals surface area contributed by atoms with E-state index in [-0.39, 0.29) is 24.4 Å². The number of rotatable bonds is 7. The summed E-state index contributed by atoms with van der Waals surface area (Å²) < 4.78 is 30.5. The number of likely N-dealkylation sites (N-methyl/N-ethyl adjacent to an activating group) is 1. The smallest absolute Gasteiger partial charge is 0.305 e. The third-order valence-electron chi connectivity index (χ3n) is 11.6. The van der Waals surface area contributed by atoms with Crippen molar-refractivity contribution in [3.8, 4) is 0 Å². The van der Waals surface area contributed by atoms with E-state index in [2.05, 4.69) is 4.90 Å². The highest BCUT2D eigenvalue weighted by molar-refractivity contribution is 5.67. The van der Waals surface area contributed by atoms with E-state index in [1.54, 1.807) is 14.2 Å². The van der Waals surface area contributed by atoms with Crippen molar-refractivity contribution in [3.63, 3.8) is 0 Å². The maximum Gasteiger partial charge on any atom is 0.305 e. The van der Waals surface area contributed by atoms with Crippen LogP contribution in [0.2, 0.25) is 0 Å². The van der Waals surface area contributed by atoms with Gasteiger partial charge in [0.2, 0.25) is 5.79 Å². The number of hydrogen-bond donors (Lipinski definition) is 3. The minimum atomic E-state index is -1.80. The highest BCUT2D eigenvalue weighted by Crippen LogP contribution is 2.81. The SMILES string of the molecule is CCN1C[C@]2(O)CC[C@H](OC)[C@@]34[C@@H]5C[C@@H]6[C@@H](OC)C[C@@](O)([C@H]5[C@]6(OC)OC(C)=O)[C@](OO)([C@@H](OC)[C@H]23)[C@@H]14. The number of ether oxygens (including phenoxy) is 5. The summed E-state index contributed by atoms with van der Waals surface area (Å²) in [5, 5.41) is 36.4. The Balaban J connectivity index is 1.72. The number of β-amino-alcohol motifs (C(OH)–C–C–N with tert-alkyl or cyclic N) is 1. The number of methoxy groups -OCH3 is 4. The first kappa shape index (κ1) is 26.3. The molecule has 0 aromatic carbocycles. The molecule has 11 heteroatoms. The summed E-state index contributed by atoms with van der Waals surface area (Å²) >= 11 is 0. The van der Waals surface area contributed by atoms with Crippen molar-refractivity contribution in [3.05, 3.63) is 0 Å². The molecule has 0 amide bonds. The van der Waals surface area contributed by atoms with E-state index in [1.807, 2.05) is 6.92 Å². The molecule has 210 valence electrons. The van der Waals surface area contributed by atoms with Crippen molar-refractivity contribution in [2.24, 2.45) is 29.1 Å². The monoisotopic (exact) mass is 527 g/mol. The van der Waals surface area contributed by atoms with Gasteiger partial charge in [-0.3, -0.25) is 15.0 Å². The Hall–Kier alpha value is -0.890. The van der Waals surface area contributed by atoms with E-state index in [0.717, 1.165) is 0 Å². The Morgan fingerprint density at radius 1 is 1.05 bits per heavy atom. The normalized spacial score (nSPS) is 57.4. The molecule has 1 spiro atoms. The summed E-state index contributed by atoms with van der Waals surface area (Å²) in [5.74, 6) is -4.04. The van der Waals surface area contributed by atoms with Crippen molar-refractivity contribution in [2.75, 3.05) is 41.5 Å². The molecule has 0 aromatic heterocycles. The third-order valence-corrected chi connectivity index (χ3v) is 11.6. The van der Waals surface area contributed by atoms with Crippen LogP contribution in [0.3, 0.4) is 0 Å². The van der Waals surface area contributed by atoms with Crippen molar-refractivity contribution >= 4 is 5.97 Å². The minimum absolute atomic E-state index is 0.120. The molecule has 5 saturated carbocycles. The molecule has 3 N–H and O–H groups in total. The van der Waals surface area contributed by atoms with Crippen molar-refractivity contribution in [1.29, 1.82) is 0 Å². The predicted octanol–water partition coefficient (Wildman–Crippen LogP) is 0.412. The number of carbonyl (C=O) groups is 1. The summed E-state index contributed by atoms with van der Waals surface area (Å²) in [6.45, 7) is 4.25. The van der Waals surface area contributed by atoms with Crippen LogP contribution in [0.15, 0.2) is 0 Å². The molecule has 0 aromatic rings. The molecular weight excluding hydrogens is 486 g/mol. The maximum absolute atomic E-state index is 13.1. The Morgan fingerprint density at radius 2 is 1.78 bits per heavy atom. The molecule has 7 bridgehead atoms. The van der Waals surface area contributed by atoms with Gasteiger partial charge in [-0.05, 0) is 31.7 Å². The fourth-order valence-electron chi connectivity index (χ4n) is 11.2. The predicted molar refractivity (Wildman–Crippen MR) is 126 cm³/mol. The van der Waals surface area contributed by atoms with Gasteiger partial charge in [-0.15, -0.1) is 0 Å². The summed E-state index contributed by atoms with van der Waals surface area (Å²) in [6, 6.07) is -0.539. The van der Waals surface area contributed by atoms with Crippen LogP contribution in [0.1, 0.15) is 39.5 Å². The lowest BCUT2D eigenvalue weighted by atomic mass is 9.44. The molecule has 1 saturated heterocycles. The summed E-state index contributed by atoms with van der Waals surface area (Å²) in [5.41, 5.74) is -5.45. The largest absolute Gasteiger partial charge is 0.432 e. The quantitative estimate of drug-likeness (QED) is 0.184. The van der Waals surface area contributed by atoms with Crippen molar-refractivity contribution in [1.82, 2.24) is 4.90 Å². The van der Waals surface area contributed by atoms with Gasteiger partial charge in [0.1, 0.15) is 11.7 Å². The van der Waals surface area contributed by atoms with Crippen LogP contribution in [-0.4, -0.2) is 115 Å².